The number of nitrogens with one attached hydrogen (secondary N) is 1. The maximum absolute atomic E-state index is 12.7. The Balaban J connectivity index is 1.39. The molecule has 2 aliphatic heterocycles. The number of carbonyl (C=O) groups is 2. The van der Waals surface area contributed by atoms with Crippen LogP contribution < -0.4 is 5.32 Å². The van der Waals surface area contributed by atoms with E-state index in [0.29, 0.717) is 19.7 Å². The van der Waals surface area contributed by atoms with Crippen molar-refractivity contribution < 1.29 is 14.3 Å². The number of ether oxygens (including phenoxy) is 1. The SMILES string of the molecule is CCOC(=O)NC1CCCN(C(=O)CN2CCN(Cc3ccccc3)CC2)C1. The van der Waals surface area contributed by atoms with Crippen LogP contribution in [-0.2, 0) is 16.1 Å². The second-order valence-corrected chi connectivity index (χ2v) is 7.58. The lowest BCUT2D eigenvalue weighted by Crippen LogP contribution is -2.53. The van der Waals surface area contributed by atoms with Crippen molar-refractivity contribution in [3.8, 4) is 0 Å². The first-order valence-corrected chi connectivity index (χ1v) is 10.3. The summed E-state index contributed by atoms with van der Waals surface area (Å²) >= 11 is 0. The van der Waals surface area contributed by atoms with Gasteiger partial charge in [0, 0.05) is 51.9 Å². The molecule has 7 nitrogen and oxygen atoms in total. The molecular formula is C21H32N4O3. The molecule has 3 rings (SSSR count). The molecular weight excluding hydrogens is 356 g/mol. The van der Waals surface area contributed by atoms with Gasteiger partial charge in [-0.1, -0.05) is 30.3 Å². The van der Waals surface area contributed by atoms with Gasteiger partial charge in [0.25, 0.3) is 0 Å². The molecule has 7 heteroatoms. The topological polar surface area (TPSA) is 65.1 Å². The van der Waals surface area contributed by atoms with E-state index in [1.807, 2.05) is 11.0 Å². The van der Waals surface area contributed by atoms with Crippen LogP contribution in [-0.4, -0.2) is 85.2 Å². The summed E-state index contributed by atoms with van der Waals surface area (Å²) in [6, 6.07) is 10.5. The average molecular weight is 389 g/mol. The summed E-state index contributed by atoms with van der Waals surface area (Å²) in [4.78, 5) is 30.9. The van der Waals surface area contributed by atoms with Crippen LogP contribution in [0.15, 0.2) is 30.3 Å². The summed E-state index contributed by atoms with van der Waals surface area (Å²) in [7, 11) is 0. The molecule has 0 aromatic heterocycles. The maximum atomic E-state index is 12.7. The van der Waals surface area contributed by atoms with Crippen LogP contribution in [0.3, 0.4) is 0 Å². The Morgan fingerprint density at radius 2 is 1.79 bits per heavy atom. The van der Waals surface area contributed by atoms with Crippen molar-refractivity contribution in [2.45, 2.75) is 32.4 Å². The second kappa shape index (κ2) is 10.4. The normalized spacial score (nSPS) is 21.3. The van der Waals surface area contributed by atoms with Gasteiger partial charge >= 0.3 is 6.09 Å². The van der Waals surface area contributed by atoms with E-state index in [-0.39, 0.29) is 11.9 Å². The largest absolute Gasteiger partial charge is 0.450 e. The third-order valence-corrected chi connectivity index (χ3v) is 5.44. The molecule has 2 aliphatic rings. The van der Waals surface area contributed by atoms with Gasteiger partial charge in [0.1, 0.15) is 0 Å². The molecule has 1 N–H and O–H groups in total. The number of nitrogens with zero attached hydrogens (tertiary/aromatic N) is 3. The van der Waals surface area contributed by atoms with Crippen molar-refractivity contribution in [3.05, 3.63) is 35.9 Å². The molecule has 2 amide bonds. The lowest BCUT2D eigenvalue weighted by molar-refractivity contribution is -0.134. The zero-order valence-electron chi connectivity index (χ0n) is 16.8. The molecule has 2 heterocycles. The minimum atomic E-state index is -0.392. The van der Waals surface area contributed by atoms with E-state index in [1.54, 1.807) is 6.92 Å². The highest BCUT2D eigenvalue weighted by Gasteiger charge is 2.27. The van der Waals surface area contributed by atoms with E-state index in [0.717, 1.165) is 52.1 Å². The van der Waals surface area contributed by atoms with Gasteiger partial charge in [-0.3, -0.25) is 14.6 Å². The van der Waals surface area contributed by atoms with Crippen LogP contribution in [0, 0.1) is 0 Å². The lowest BCUT2D eigenvalue weighted by atomic mass is 10.1. The molecule has 154 valence electrons. The fraction of sp³-hybridized carbons (Fsp3) is 0.619. The van der Waals surface area contributed by atoms with Gasteiger partial charge in [0.15, 0.2) is 0 Å². The molecule has 1 atom stereocenters. The number of piperazine rings is 1. The third-order valence-electron chi connectivity index (χ3n) is 5.44. The van der Waals surface area contributed by atoms with Gasteiger partial charge in [-0.05, 0) is 25.3 Å². The van der Waals surface area contributed by atoms with Crippen LogP contribution in [0.2, 0.25) is 0 Å². The average Bonchev–Trinajstić information content (AvgIpc) is 2.70. The van der Waals surface area contributed by atoms with Gasteiger partial charge in [-0.25, -0.2) is 4.79 Å². The van der Waals surface area contributed by atoms with Gasteiger partial charge in [0.05, 0.1) is 13.2 Å². The highest BCUT2D eigenvalue weighted by atomic mass is 16.5. The van der Waals surface area contributed by atoms with E-state index in [2.05, 4.69) is 39.4 Å². The number of amides is 2. The first-order chi connectivity index (χ1) is 13.6. The monoisotopic (exact) mass is 388 g/mol. The Kier molecular flexibility index (Phi) is 7.68. The van der Waals surface area contributed by atoms with E-state index >= 15 is 0 Å². The number of rotatable bonds is 6. The van der Waals surface area contributed by atoms with Crippen molar-refractivity contribution in [1.82, 2.24) is 20.0 Å². The molecule has 2 saturated heterocycles. The molecule has 0 bridgehead atoms. The summed E-state index contributed by atoms with van der Waals surface area (Å²) in [5.41, 5.74) is 1.33. The smallest absolute Gasteiger partial charge is 0.407 e. The van der Waals surface area contributed by atoms with Crippen LogP contribution in [0.25, 0.3) is 0 Å². The van der Waals surface area contributed by atoms with Crippen LogP contribution in [0.4, 0.5) is 4.79 Å². The summed E-state index contributed by atoms with van der Waals surface area (Å²) in [5, 5.41) is 2.86. The van der Waals surface area contributed by atoms with Crippen LogP contribution >= 0.6 is 0 Å². The van der Waals surface area contributed by atoms with Crippen molar-refractivity contribution in [3.63, 3.8) is 0 Å². The highest BCUT2D eigenvalue weighted by Crippen LogP contribution is 2.13. The van der Waals surface area contributed by atoms with Crippen LogP contribution in [0.1, 0.15) is 25.3 Å². The number of likely N-dealkylation sites (tertiary alicyclic amines) is 1. The molecule has 0 saturated carbocycles. The Labute approximate surface area is 167 Å². The van der Waals surface area contributed by atoms with E-state index in [9.17, 15) is 9.59 Å². The van der Waals surface area contributed by atoms with Gasteiger partial charge in [-0.15, -0.1) is 0 Å². The molecule has 0 radical (unpaired) electrons. The summed E-state index contributed by atoms with van der Waals surface area (Å²) in [6.07, 6.45) is 1.41. The standard InChI is InChI=1S/C21H32N4O3/c1-2-28-21(27)22-19-9-6-10-25(16-19)20(26)17-24-13-11-23(12-14-24)15-18-7-4-3-5-8-18/h3-5,7-8,19H,2,6,9-17H2,1H3,(H,22,27). The fourth-order valence-corrected chi connectivity index (χ4v) is 3.90. The quantitative estimate of drug-likeness (QED) is 0.801. The number of alkyl carbamates (subject to hydrolysis) is 1. The zero-order chi connectivity index (χ0) is 19.8. The van der Waals surface area contributed by atoms with Crippen molar-refractivity contribution >= 4 is 12.0 Å². The van der Waals surface area contributed by atoms with E-state index in [4.69, 9.17) is 4.74 Å². The highest BCUT2D eigenvalue weighted by molar-refractivity contribution is 5.78. The fourth-order valence-electron chi connectivity index (χ4n) is 3.90. The summed E-state index contributed by atoms with van der Waals surface area (Å²) in [6.45, 7) is 8.71. The van der Waals surface area contributed by atoms with E-state index in [1.165, 1.54) is 5.56 Å². The predicted molar refractivity (Wildman–Crippen MR) is 108 cm³/mol. The van der Waals surface area contributed by atoms with Crippen molar-refractivity contribution in [2.24, 2.45) is 0 Å². The maximum Gasteiger partial charge on any atom is 0.407 e. The Morgan fingerprint density at radius 3 is 2.50 bits per heavy atom. The lowest BCUT2D eigenvalue weighted by Gasteiger charge is -2.37. The molecule has 0 aliphatic carbocycles. The molecule has 28 heavy (non-hydrogen) atoms. The third kappa shape index (κ3) is 6.21. The van der Waals surface area contributed by atoms with Gasteiger partial charge in [-0.2, -0.15) is 0 Å². The molecule has 1 aromatic carbocycles. The molecule has 1 unspecified atom stereocenters. The zero-order valence-corrected chi connectivity index (χ0v) is 16.8. The molecule has 1 aromatic rings. The van der Waals surface area contributed by atoms with Crippen molar-refractivity contribution in [1.29, 1.82) is 0 Å². The van der Waals surface area contributed by atoms with E-state index < -0.39 is 6.09 Å². The first-order valence-electron chi connectivity index (χ1n) is 10.3. The number of piperidine rings is 1. The Bertz CT molecular complexity index is 632. The predicted octanol–water partition coefficient (Wildman–Crippen LogP) is 1.54. The van der Waals surface area contributed by atoms with Gasteiger partial charge in [0.2, 0.25) is 5.91 Å². The number of benzene rings is 1. The number of carbonyl (C=O) groups excluding carboxylic acids is 2. The Hall–Kier alpha value is -2.12. The summed E-state index contributed by atoms with van der Waals surface area (Å²) < 4.78 is 4.95. The molecule has 0 spiro atoms. The van der Waals surface area contributed by atoms with Crippen LogP contribution in [0.5, 0.6) is 0 Å². The first kappa shape index (κ1) is 20.6. The minimum Gasteiger partial charge on any atom is -0.450 e. The molecule has 2 fully saturated rings. The minimum absolute atomic E-state index is 0.0144. The summed E-state index contributed by atoms with van der Waals surface area (Å²) in [5.74, 6) is 0.159. The number of hydrogen-bond donors (Lipinski definition) is 1. The Morgan fingerprint density at radius 1 is 1.07 bits per heavy atom. The van der Waals surface area contributed by atoms with Crippen molar-refractivity contribution in [2.75, 3.05) is 52.4 Å². The number of hydrogen-bond acceptors (Lipinski definition) is 5. The van der Waals surface area contributed by atoms with Gasteiger partial charge < -0.3 is 15.0 Å². The second-order valence-electron chi connectivity index (χ2n) is 7.58.